The van der Waals surface area contributed by atoms with Gasteiger partial charge in [0.05, 0.1) is 33.4 Å². The Morgan fingerprint density at radius 1 is 1.00 bits per heavy atom. The number of carboxylic acid groups (broad SMARTS) is 1. The number of H-pyrrole nitrogens is 1. The Morgan fingerprint density at radius 2 is 1.69 bits per heavy atom. The van der Waals surface area contributed by atoms with Crippen LogP contribution in [0.1, 0.15) is 30.9 Å². The fourth-order valence-corrected chi connectivity index (χ4v) is 3.62. The highest BCUT2D eigenvalue weighted by Crippen LogP contribution is 2.42. The Balaban J connectivity index is 2.24. The summed E-state index contributed by atoms with van der Waals surface area (Å²) in [6.45, 7) is 2.16. The standard InChI is InChI=1S/C23H27NO5/c1-5-6-7-14-8-9-18-15(10-14)16(12-22(25)26)23(24-18)17-11-20(28-3)21(29-4)13-19(17)27-2/h8-11,13,24H,5-7,12H2,1-4H3,(H,25,26). The van der Waals surface area contributed by atoms with E-state index in [1.807, 2.05) is 12.1 Å². The number of aliphatic carboxylic acids is 1. The highest BCUT2D eigenvalue weighted by molar-refractivity contribution is 5.95. The number of rotatable bonds is 9. The lowest BCUT2D eigenvalue weighted by Crippen LogP contribution is -2.02. The highest BCUT2D eigenvalue weighted by atomic mass is 16.5. The van der Waals surface area contributed by atoms with Gasteiger partial charge >= 0.3 is 5.97 Å². The number of methoxy groups -OCH3 is 3. The number of carboxylic acids is 1. The number of unbranched alkanes of at least 4 members (excludes halogenated alkanes) is 1. The van der Waals surface area contributed by atoms with Crippen LogP contribution < -0.4 is 14.2 Å². The molecule has 2 aromatic carbocycles. The number of carbonyl (C=O) groups is 1. The minimum absolute atomic E-state index is 0.0932. The largest absolute Gasteiger partial charge is 0.496 e. The van der Waals surface area contributed by atoms with Gasteiger partial charge in [-0.1, -0.05) is 19.4 Å². The fraction of sp³-hybridized carbons (Fsp3) is 0.348. The summed E-state index contributed by atoms with van der Waals surface area (Å²) < 4.78 is 16.4. The van der Waals surface area contributed by atoms with Crippen LogP contribution in [0.5, 0.6) is 17.2 Å². The van der Waals surface area contributed by atoms with Crippen LogP contribution in [0.25, 0.3) is 22.2 Å². The van der Waals surface area contributed by atoms with E-state index in [-0.39, 0.29) is 6.42 Å². The van der Waals surface area contributed by atoms with Crippen molar-refractivity contribution in [2.75, 3.05) is 21.3 Å². The van der Waals surface area contributed by atoms with Crippen molar-refractivity contribution in [3.05, 3.63) is 41.5 Å². The molecule has 0 saturated carbocycles. The van der Waals surface area contributed by atoms with Crippen LogP contribution in [0, 0.1) is 0 Å². The van der Waals surface area contributed by atoms with Gasteiger partial charge in [0.15, 0.2) is 11.5 Å². The predicted octanol–water partition coefficient (Wildman–Crippen LogP) is 4.83. The lowest BCUT2D eigenvalue weighted by molar-refractivity contribution is -0.136. The quantitative estimate of drug-likeness (QED) is 0.540. The molecule has 6 nitrogen and oxygen atoms in total. The van der Waals surface area contributed by atoms with E-state index in [0.717, 1.165) is 41.3 Å². The molecular weight excluding hydrogens is 370 g/mol. The van der Waals surface area contributed by atoms with Gasteiger partial charge in [-0.3, -0.25) is 4.79 Å². The van der Waals surface area contributed by atoms with Crippen LogP contribution in [0.15, 0.2) is 30.3 Å². The van der Waals surface area contributed by atoms with Crippen molar-refractivity contribution in [1.29, 1.82) is 0 Å². The summed E-state index contributed by atoms with van der Waals surface area (Å²) in [5, 5.41) is 10.5. The highest BCUT2D eigenvalue weighted by Gasteiger charge is 2.21. The molecule has 0 radical (unpaired) electrons. The fourth-order valence-electron chi connectivity index (χ4n) is 3.62. The molecule has 1 aromatic heterocycles. The van der Waals surface area contributed by atoms with Crippen LogP contribution >= 0.6 is 0 Å². The Bertz CT molecular complexity index is 1020. The molecule has 2 N–H and O–H groups in total. The van der Waals surface area contributed by atoms with Gasteiger partial charge < -0.3 is 24.3 Å². The molecule has 0 fully saturated rings. The minimum Gasteiger partial charge on any atom is -0.496 e. The summed E-state index contributed by atoms with van der Waals surface area (Å²) in [5.41, 5.74) is 4.28. The second kappa shape index (κ2) is 8.90. The van der Waals surface area contributed by atoms with Gasteiger partial charge in [-0.15, -0.1) is 0 Å². The summed E-state index contributed by atoms with van der Waals surface area (Å²) >= 11 is 0. The van der Waals surface area contributed by atoms with E-state index in [2.05, 4.69) is 24.0 Å². The average Bonchev–Trinajstić information content (AvgIpc) is 3.08. The first-order valence-corrected chi connectivity index (χ1v) is 9.68. The maximum Gasteiger partial charge on any atom is 0.307 e. The Morgan fingerprint density at radius 3 is 2.31 bits per heavy atom. The third-order valence-electron chi connectivity index (χ3n) is 5.09. The van der Waals surface area contributed by atoms with E-state index in [4.69, 9.17) is 14.2 Å². The number of hydrogen-bond acceptors (Lipinski definition) is 4. The molecule has 3 rings (SSSR count). The second-order valence-corrected chi connectivity index (χ2v) is 6.94. The summed E-state index contributed by atoms with van der Waals surface area (Å²) in [6.07, 6.45) is 3.09. The zero-order valence-corrected chi connectivity index (χ0v) is 17.3. The molecular formula is C23H27NO5. The predicted molar refractivity (Wildman–Crippen MR) is 113 cm³/mol. The number of aryl methyl sites for hydroxylation is 1. The van der Waals surface area contributed by atoms with Gasteiger partial charge in [0.25, 0.3) is 0 Å². The number of aromatic nitrogens is 1. The van der Waals surface area contributed by atoms with Gasteiger partial charge in [-0.2, -0.15) is 0 Å². The second-order valence-electron chi connectivity index (χ2n) is 6.94. The van der Waals surface area contributed by atoms with E-state index in [0.29, 0.717) is 22.9 Å². The molecule has 0 saturated heterocycles. The molecule has 0 aliphatic carbocycles. The molecule has 6 heteroatoms. The van der Waals surface area contributed by atoms with Crippen molar-refractivity contribution in [3.8, 4) is 28.5 Å². The summed E-state index contributed by atoms with van der Waals surface area (Å²) in [4.78, 5) is 15.0. The normalized spacial score (nSPS) is 10.9. The Kier molecular flexibility index (Phi) is 6.32. The maximum atomic E-state index is 11.6. The molecule has 0 aliphatic rings. The maximum absolute atomic E-state index is 11.6. The summed E-state index contributed by atoms with van der Waals surface area (Å²) in [7, 11) is 4.71. The van der Waals surface area contributed by atoms with Crippen molar-refractivity contribution >= 4 is 16.9 Å². The summed E-state index contributed by atoms with van der Waals surface area (Å²) in [6, 6.07) is 9.76. The lowest BCUT2D eigenvalue weighted by Gasteiger charge is -2.14. The molecule has 0 amide bonds. The molecule has 0 spiro atoms. The Hall–Kier alpha value is -3.15. The van der Waals surface area contributed by atoms with Gasteiger partial charge in [0, 0.05) is 22.5 Å². The molecule has 154 valence electrons. The van der Waals surface area contributed by atoms with Gasteiger partial charge in [-0.05, 0) is 42.2 Å². The van der Waals surface area contributed by atoms with Gasteiger partial charge in [0.2, 0.25) is 0 Å². The first kappa shape index (κ1) is 20.6. The summed E-state index contributed by atoms with van der Waals surface area (Å²) in [5.74, 6) is 0.787. The number of ether oxygens (including phenoxy) is 3. The molecule has 29 heavy (non-hydrogen) atoms. The van der Waals surface area contributed by atoms with Crippen LogP contribution in [-0.2, 0) is 17.6 Å². The smallest absolute Gasteiger partial charge is 0.307 e. The van der Waals surface area contributed by atoms with Crippen LogP contribution in [0.2, 0.25) is 0 Å². The molecule has 3 aromatic rings. The SMILES string of the molecule is CCCCc1ccc2[nH]c(-c3cc(OC)c(OC)cc3OC)c(CC(=O)O)c2c1. The van der Waals surface area contributed by atoms with Crippen LogP contribution in [0.4, 0.5) is 0 Å². The first-order chi connectivity index (χ1) is 14.0. The molecule has 0 bridgehead atoms. The van der Waals surface area contributed by atoms with E-state index in [1.54, 1.807) is 27.4 Å². The van der Waals surface area contributed by atoms with Gasteiger partial charge in [-0.25, -0.2) is 0 Å². The topological polar surface area (TPSA) is 80.8 Å². The van der Waals surface area contributed by atoms with E-state index in [1.165, 1.54) is 5.56 Å². The van der Waals surface area contributed by atoms with E-state index >= 15 is 0 Å². The lowest BCUT2D eigenvalue weighted by atomic mass is 9.99. The number of fused-ring (bicyclic) bond motifs is 1. The van der Waals surface area contributed by atoms with Crippen molar-refractivity contribution < 1.29 is 24.1 Å². The van der Waals surface area contributed by atoms with Crippen molar-refractivity contribution in [1.82, 2.24) is 4.98 Å². The van der Waals surface area contributed by atoms with Crippen molar-refractivity contribution in [2.45, 2.75) is 32.6 Å². The molecule has 0 unspecified atom stereocenters. The third-order valence-corrected chi connectivity index (χ3v) is 5.09. The first-order valence-electron chi connectivity index (χ1n) is 9.68. The number of aromatic amines is 1. The zero-order chi connectivity index (χ0) is 21.0. The number of hydrogen-bond donors (Lipinski definition) is 2. The number of nitrogens with one attached hydrogen (secondary N) is 1. The van der Waals surface area contributed by atoms with Crippen molar-refractivity contribution in [2.24, 2.45) is 0 Å². The zero-order valence-electron chi connectivity index (χ0n) is 17.3. The molecule has 0 atom stereocenters. The third kappa shape index (κ3) is 4.16. The van der Waals surface area contributed by atoms with Crippen molar-refractivity contribution in [3.63, 3.8) is 0 Å². The van der Waals surface area contributed by atoms with E-state index in [9.17, 15) is 9.90 Å². The minimum atomic E-state index is -0.884. The van der Waals surface area contributed by atoms with Crippen LogP contribution in [-0.4, -0.2) is 37.4 Å². The Labute approximate surface area is 170 Å². The van der Waals surface area contributed by atoms with E-state index < -0.39 is 5.97 Å². The molecule has 1 heterocycles. The number of benzene rings is 2. The van der Waals surface area contributed by atoms with Gasteiger partial charge in [0.1, 0.15) is 5.75 Å². The molecule has 0 aliphatic heterocycles. The monoisotopic (exact) mass is 397 g/mol. The van der Waals surface area contributed by atoms with Crippen LogP contribution in [0.3, 0.4) is 0 Å². The average molecular weight is 397 g/mol.